The number of benzene rings is 2. The first-order valence-electron chi connectivity index (χ1n) is 11.2. The highest BCUT2D eigenvalue weighted by Crippen LogP contribution is 2.36. The Labute approximate surface area is 190 Å². The van der Waals surface area contributed by atoms with E-state index in [0.29, 0.717) is 19.4 Å². The van der Waals surface area contributed by atoms with E-state index in [2.05, 4.69) is 4.72 Å². The van der Waals surface area contributed by atoms with Gasteiger partial charge in [-0.25, -0.2) is 17.9 Å². The highest BCUT2D eigenvalue weighted by molar-refractivity contribution is 7.89. The number of para-hydroxylation sites is 1. The normalized spacial score (nSPS) is 15.9. The zero-order chi connectivity index (χ0) is 23.1. The van der Waals surface area contributed by atoms with Gasteiger partial charge in [0.2, 0.25) is 10.0 Å². The molecule has 0 heterocycles. The number of phenols is 1. The molecule has 1 aliphatic rings. The van der Waals surface area contributed by atoms with Crippen LogP contribution >= 0.6 is 0 Å². The molecule has 32 heavy (non-hydrogen) atoms. The Balaban J connectivity index is 1.87. The maximum Gasteiger partial charge on any atom is 0.412 e. The van der Waals surface area contributed by atoms with Gasteiger partial charge in [0.05, 0.1) is 5.69 Å². The predicted molar refractivity (Wildman–Crippen MR) is 125 cm³/mol. The van der Waals surface area contributed by atoms with Gasteiger partial charge in [0, 0.05) is 12.6 Å². The van der Waals surface area contributed by atoms with E-state index in [-0.39, 0.29) is 16.5 Å². The van der Waals surface area contributed by atoms with Crippen molar-refractivity contribution in [1.29, 1.82) is 0 Å². The average molecular weight is 461 g/mol. The molecule has 2 aromatic rings. The summed E-state index contributed by atoms with van der Waals surface area (Å²) in [5.74, 6) is -0.257. The molecule has 0 unspecified atom stereocenters. The summed E-state index contributed by atoms with van der Waals surface area (Å²) in [6.45, 7) is 2.19. The van der Waals surface area contributed by atoms with Gasteiger partial charge in [-0.3, -0.25) is 4.90 Å². The molecule has 1 fully saturated rings. The number of carbonyl (C=O) groups is 1. The molecule has 1 atom stereocenters. The SMILES string of the molecule is CC[C@@H](Cc1ccccc1)N(C(=O)O)c1cccc(S(=O)(=O)NCC2CCCCC2)c1O. The first-order valence-corrected chi connectivity index (χ1v) is 12.7. The van der Waals surface area contributed by atoms with Crippen molar-refractivity contribution in [2.24, 2.45) is 5.92 Å². The second kappa shape index (κ2) is 10.8. The fourth-order valence-corrected chi connectivity index (χ4v) is 5.61. The number of sulfonamides is 1. The van der Waals surface area contributed by atoms with Crippen molar-refractivity contribution < 1.29 is 23.4 Å². The van der Waals surface area contributed by atoms with Crippen LogP contribution in [0.3, 0.4) is 0 Å². The van der Waals surface area contributed by atoms with E-state index in [1.807, 2.05) is 37.3 Å². The van der Waals surface area contributed by atoms with Gasteiger partial charge in [-0.15, -0.1) is 0 Å². The van der Waals surface area contributed by atoms with Gasteiger partial charge in [-0.05, 0) is 49.3 Å². The lowest BCUT2D eigenvalue weighted by Crippen LogP contribution is -2.41. The van der Waals surface area contributed by atoms with Crippen LogP contribution in [-0.4, -0.2) is 37.3 Å². The van der Waals surface area contributed by atoms with Gasteiger partial charge in [-0.1, -0.05) is 62.6 Å². The number of nitrogens with one attached hydrogen (secondary N) is 1. The fraction of sp³-hybridized carbons (Fsp3) is 0.458. The van der Waals surface area contributed by atoms with E-state index >= 15 is 0 Å². The van der Waals surface area contributed by atoms with Gasteiger partial charge >= 0.3 is 6.09 Å². The lowest BCUT2D eigenvalue weighted by atomic mass is 9.90. The van der Waals surface area contributed by atoms with Crippen LogP contribution in [0.15, 0.2) is 53.4 Å². The quantitative estimate of drug-likeness (QED) is 0.500. The average Bonchev–Trinajstić information content (AvgIpc) is 2.79. The van der Waals surface area contributed by atoms with Crippen LogP contribution < -0.4 is 9.62 Å². The Hall–Kier alpha value is -2.58. The van der Waals surface area contributed by atoms with Crippen LogP contribution in [0, 0.1) is 5.92 Å². The zero-order valence-electron chi connectivity index (χ0n) is 18.4. The Bertz CT molecular complexity index is 1000. The van der Waals surface area contributed by atoms with Crippen LogP contribution in [0.2, 0.25) is 0 Å². The van der Waals surface area contributed by atoms with Crippen molar-refractivity contribution in [3.63, 3.8) is 0 Å². The number of anilines is 1. The van der Waals surface area contributed by atoms with E-state index in [1.54, 1.807) is 0 Å². The molecule has 0 saturated heterocycles. The maximum atomic E-state index is 12.9. The summed E-state index contributed by atoms with van der Waals surface area (Å²) in [6, 6.07) is 13.2. The van der Waals surface area contributed by atoms with Gasteiger partial charge < -0.3 is 10.2 Å². The molecule has 3 rings (SSSR count). The lowest BCUT2D eigenvalue weighted by Gasteiger charge is -2.30. The molecule has 0 radical (unpaired) electrons. The van der Waals surface area contributed by atoms with Crippen molar-refractivity contribution >= 4 is 21.8 Å². The molecule has 1 amide bonds. The zero-order valence-corrected chi connectivity index (χ0v) is 19.2. The fourth-order valence-electron chi connectivity index (χ4n) is 4.38. The number of phenolic OH excluding ortho intramolecular Hbond substituents is 1. The summed E-state index contributed by atoms with van der Waals surface area (Å²) in [7, 11) is -3.98. The summed E-state index contributed by atoms with van der Waals surface area (Å²) in [6.07, 6.45) is 5.04. The first-order chi connectivity index (χ1) is 15.3. The monoisotopic (exact) mass is 460 g/mol. The van der Waals surface area contributed by atoms with Crippen LogP contribution in [0.5, 0.6) is 5.75 Å². The molecule has 0 spiro atoms. The van der Waals surface area contributed by atoms with Gasteiger partial charge in [-0.2, -0.15) is 0 Å². The summed E-state index contributed by atoms with van der Waals surface area (Å²) in [5, 5.41) is 20.8. The molecule has 0 bridgehead atoms. The van der Waals surface area contributed by atoms with Crippen LogP contribution in [0.1, 0.15) is 51.0 Å². The van der Waals surface area contributed by atoms with Crippen molar-refractivity contribution in [2.45, 2.75) is 62.8 Å². The maximum absolute atomic E-state index is 12.9. The van der Waals surface area contributed by atoms with Crippen LogP contribution in [0.4, 0.5) is 10.5 Å². The molecular formula is C24H32N2O5S. The number of nitrogens with zero attached hydrogens (tertiary/aromatic N) is 1. The van der Waals surface area contributed by atoms with Crippen molar-refractivity contribution in [3.8, 4) is 5.75 Å². The van der Waals surface area contributed by atoms with Gasteiger partial charge in [0.1, 0.15) is 4.90 Å². The summed E-state index contributed by atoms with van der Waals surface area (Å²) in [5.41, 5.74) is 0.934. The Kier molecular flexibility index (Phi) is 8.15. The Morgan fingerprint density at radius 3 is 2.41 bits per heavy atom. The Morgan fingerprint density at radius 1 is 1.09 bits per heavy atom. The smallest absolute Gasteiger partial charge is 0.412 e. The van der Waals surface area contributed by atoms with Crippen LogP contribution in [0.25, 0.3) is 0 Å². The number of aromatic hydroxyl groups is 1. The third-order valence-corrected chi connectivity index (χ3v) is 7.63. The first kappa shape index (κ1) is 24.1. The molecule has 174 valence electrons. The molecule has 1 aliphatic carbocycles. The molecule has 2 aromatic carbocycles. The van der Waals surface area contributed by atoms with Gasteiger partial charge in [0.15, 0.2) is 5.75 Å². The van der Waals surface area contributed by atoms with E-state index in [0.717, 1.165) is 36.1 Å². The van der Waals surface area contributed by atoms with Gasteiger partial charge in [0.25, 0.3) is 0 Å². The predicted octanol–water partition coefficient (Wildman–Crippen LogP) is 4.76. The number of hydrogen-bond acceptors (Lipinski definition) is 4. The molecular weight excluding hydrogens is 428 g/mol. The minimum absolute atomic E-state index is 0.0270. The summed E-state index contributed by atoms with van der Waals surface area (Å²) in [4.78, 5) is 13.0. The second-order valence-corrected chi connectivity index (χ2v) is 10.1. The molecule has 7 nitrogen and oxygen atoms in total. The molecule has 1 saturated carbocycles. The van der Waals surface area contributed by atoms with Crippen molar-refractivity contribution in [1.82, 2.24) is 4.72 Å². The van der Waals surface area contributed by atoms with E-state index < -0.39 is 27.9 Å². The number of amides is 1. The topological polar surface area (TPSA) is 107 Å². The van der Waals surface area contributed by atoms with E-state index in [9.17, 15) is 23.4 Å². The van der Waals surface area contributed by atoms with E-state index in [1.165, 1.54) is 24.6 Å². The standard InChI is InChI=1S/C24H32N2O5S/c1-2-20(16-18-10-5-3-6-11-18)26(24(28)29)21-14-9-15-22(23(21)27)32(30,31)25-17-19-12-7-4-8-13-19/h3,5-6,9-11,14-15,19-20,25,27H,2,4,7-8,12-13,16-17H2,1H3,(H,28,29)/t20-/m0/s1. The number of carboxylic acid groups (broad SMARTS) is 1. The van der Waals surface area contributed by atoms with Crippen molar-refractivity contribution in [3.05, 3.63) is 54.1 Å². The lowest BCUT2D eigenvalue weighted by molar-refractivity contribution is 0.198. The molecule has 8 heteroatoms. The van der Waals surface area contributed by atoms with Crippen LogP contribution in [-0.2, 0) is 16.4 Å². The third kappa shape index (κ3) is 5.81. The molecule has 3 N–H and O–H groups in total. The minimum Gasteiger partial charge on any atom is -0.504 e. The minimum atomic E-state index is -3.98. The second-order valence-electron chi connectivity index (χ2n) is 8.38. The van der Waals surface area contributed by atoms with Crippen molar-refractivity contribution in [2.75, 3.05) is 11.4 Å². The summed E-state index contributed by atoms with van der Waals surface area (Å²) < 4.78 is 28.5. The third-order valence-electron chi connectivity index (χ3n) is 6.17. The molecule has 0 aromatic heterocycles. The number of hydrogen-bond donors (Lipinski definition) is 3. The molecule has 0 aliphatic heterocycles. The largest absolute Gasteiger partial charge is 0.504 e. The van der Waals surface area contributed by atoms with E-state index in [4.69, 9.17) is 0 Å². The number of rotatable bonds is 9. The summed E-state index contributed by atoms with van der Waals surface area (Å²) >= 11 is 0. The Morgan fingerprint density at radius 2 is 1.78 bits per heavy atom. The highest BCUT2D eigenvalue weighted by atomic mass is 32.2. The highest BCUT2D eigenvalue weighted by Gasteiger charge is 2.30.